The highest BCUT2D eigenvalue weighted by molar-refractivity contribution is 5.80. The summed E-state index contributed by atoms with van der Waals surface area (Å²) in [5, 5.41) is 16.3. The van der Waals surface area contributed by atoms with E-state index in [1.165, 1.54) is 5.69 Å². The van der Waals surface area contributed by atoms with Crippen molar-refractivity contribution in [2.75, 3.05) is 37.7 Å². The summed E-state index contributed by atoms with van der Waals surface area (Å²) in [7, 11) is 0. The number of hydrogen-bond donors (Lipinski definition) is 3. The van der Waals surface area contributed by atoms with Crippen molar-refractivity contribution in [3.63, 3.8) is 0 Å². The summed E-state index contributed by atoms with van der Waals surface area (Å²) in [5.74, 6) is 1.98. The molecule has 1 aromatic carbocycles. The van der Waals surface area contributed by atoms with Crippen molar-refractivity contribution in [1.82, 2.24) is 10.6 Å². The van der Waals surface area contributed by atoms with Crippen molar-refractivity contribution in [1.29, 1.82) is 0 Å². The Labute approximate surface area is 158 Å². The largest absolute Gasteiger partial charge is 0.396 e. The smallest absolute Gasteiger partial charge is 0.191 e. The molecule has 5 heteroatoms. The standard InChI is InChI=1S/C21H36N4O/c1-4-22-21(23-15-18(11-13-26)14-17(2)3)24-19-10-12-25(16-19)20-8-6-5-7-9-20/h5-9,17-19,26H,4,10-16H2,1-3H3,(H2,22,23,24). The zero-order chi connectivity index (χ0) is 18.8. The van der Waals surface area contributed by atoms with Crippen molar-refractivity contribution in [2.24, 2.45) is 16.8 Å². The number of aliphatic hydroxyl groups is 1. The number of para-hydroxylation sites is 1. The third kappa shape index (κ3) is 6.87. The van der Waals surface area contributed by atoms with Gasteiger partial charge in [0.15, 0.2) is 5.96 Å². The molecule has 146 valence electrons. The Kier molecular flexibility index (Phi) is 8.75. The molecule has 0 bridgehead atoms. The zero-order valence-electron chi connectivity index (χ0n) is 16.6. The van der Waals surface area contributed by atoms with Crippen molar-refractivity contribution in [3.8, 4) is 0 Å². The van der Waals surface area contributed by atoms with E-state index in [4.69, 9.17) is 4.99 Å². The minimum atomic E-state index is 0.242. The fourth-order valence-electron chi connectivity index (χ4n) is 3.62. The van der Waals surface area contributed by atoms with Crippen LogP contribution in [0.4, 0.5) is 5.69 Å². The predicted octanol–water partition coefficient (Wildman–Crippen LogP) is 2.87. The topological polar surface area (TPSA) is 59.9 Å². The van der Waals surface area contributed by atoms with Gasteiger partial charge >= 0.3 is 0 Å². The van der Waals surface area contributed by atoms with Crippen molar-refractivity contribution in [3.05, 3.63) is 30.3 Å². The summed E-state index contributed by atoms with van der Waals surface area (Å²) in [6.07, 6.45) is 3.05. The van der Waals surface area contributed by atoms with E-state index in [1.54, 1.807) is 0 Å². The van der Waals surface area contributed by atoms with Crippen LogP contribution in [0, 0.1) is 11.8 Å². The van der Waals surface area contributed by atoms with E-state index in [1.807, 2.05) is 0 Å². The molecule has 3 N–H and O–H groups in total. The molecule has 0 amide bonds. The van der Waals surface area contributed by atoms with Crippen molar-refractivity contribution >= 4 is 11.6 Å². The van der Waals surface area contributed by atoms with E-state index in [2.05, 4.69) is 66.6 Å². The summed E-state index contributed by atoms with van der Waals surface area (Å²) in [5.41, 5.74) is 1.29. The van der Waals surface area contributed by atoms with Gasteiger partial charge in [0.05, 0.1) is 0 Å². The van der Waals surface area contributed by atoms with E-state index < -0.39 is 0 Å². The lowest BCUT2D eigenvalue weighted by atomic mass is 9.94. The van der Waals surface area contributed by atoms with Crippen LogP contribution in [0.3, 0.4) is 0 Å². The van der Waals surface area contributed by atoms with E-state index >= 15 is 0 Å². The van der Waals surface area contributed by atoms with Crippen LogP contribution in [0.1, 0.15) is 40.0 Å². The highest BCUT2D eigenvalue weighted by Gasteiger charge is 2.23. The first-order valence-electron chi connectivity index (χ1n) is 10.1. The quantitative estimate of drug-likeness (QED) is 0.468. The van der Waals surface area contributed by atoms with E-state index in [-0.39, 0.29) is 6.61 Å². The molecule has 0 spiro atoms. The molecule has 26 heavy (non-hydrogen) atoms. The van der Waals surface area contributed by atoms with Crippen LogP contribution in [-0.4, -0.2) is 49.9 Å². The average Bonchev–Trinajstić information content (AvgIpc) is 3.09. The van der Waals surface area contributed by atoms with E-state index in [0.29, 0.717) is 17.9 Å². The molecule has 0 aliphatic carbocycles. The van der Waals surface area contributed by atoms with E-state index in [9.17, 15) is 5.11 Å². The molecule has 1 saturated heterocycles. The van der Waals surface area contributed by atoms with Gasteiger partial charge in [-0.3, -0.25) is 4.99 Å². The SMILES string of the molecule is CCNC(=NCC(CCO)CC(C)C)NC1CCN(c2ccccc2)C1. The number of hydrogen-bond acceptors (Lipinski definition) is 3. The second-order valence-electron chi connectivity index (χ2n) is 7.64. The molecule has 2 atom stereocenters. The lowest BCUT2D eigenvalue weighted by Crippen LogP contribution is -2.44. The molecule has 1 aromatic rings. The first-order chi connectivity index (χ1) is 12.6. The number of nitrogens with zero attached hydrogens (tertiary/aromatic N) is 2. The number of anilines is 1. The highest BCUT2D eigenvalue weighted by atomic mass is 16.3. The minimum Gasteiger partial charge on any atom is -0.396 e. The molecule has 0 saturated carbocycles. The first-order valence-corrected chi connectivity index (χ1v) is 10.1. The molecule has 1 heterocycles. The number of aliphatic hydroxyl groups excluding tert-OH is 1. The molecule has 2 unspecified atom stereocenters. The van der Waals surface area contributed by atoms with Gasteiger partial charge in [-0.25, -0.2) is 0 Å². The Morgan fingerprint density at radius 1 is 1.31 bits per heavy atom. The van der Waals surface area contributed by atoms with Crippen LogP contribution in [0.25, 0.3) is 0 Å². The normalized spacial score (nSPS) is 19.0. The summed E-state index contributed by atoms with van der Waals surface area (Å²) in [6, 6.07) is 11.0. The van der Waals surface area contributed by atoms with Gasteiger partial charge in [-0.1, -0.05) is 32.0 Å². The number of rotatable bonds is 9. The fraction of sp³-hybridized carbons (Fsp3) is 0.667. The van der Waals surface area contributed by atoms with Gasteiger partial charge in [0.1, 0.15) is 0 Å². The molecule has 1 aliphatic heterocycles. The first kappa shape index (κ1) is 20.6. The minimum absolute atomic E-state index is 0.242. The Morgan fingerprint density at radius 3 is 2.73 bits per heavy atom. The molecular weight excluding hydrogens is 324 g/mol. The molecule has 5 nitrogen and oxygen atoms in total. The maximum Gasteiger partial charge on any atom is 0.191 e. The monoisotopic (exact) mass is 360 g/mol. The van der Waals surface area contributed by atoms with Crippen LogP contribution in [0.15, 0.2) is 35.3 Å². The van der Waals surface area contributed by atoms with Gasteiger partial charge < -0.3 is 20.6 Å². The van der Waals surface area contributed by atoms with Crippen molar-refractivity contribution in [2.45, 2.75) is 46.1 Å². The number of guanidine groups is 1. The number of benzene rings is 1. The second-order valence-corrected chi connectivity index (χ2v) is 7.64. The maximum atomic E-state index is 9.30. The molecule has 1 fully saturated rings. The molecule has 0 radical (unpaired) electrons. The van der Waals surface area contributed by atoms with Gasteiger partial charge in [-0.05, 0) is 50.2 Å². The Balaban J connectivity index is 1.90. The number of nitrogens with one attached hydrogen (secondary N) is 2. The molecule has 0 aromatic heterocycles. The van der Waals surface area contributed by atoms with Crippen molar-refractivity contribution < 1.29 is 5.11 Å². The van der Waals surface area contributed by atoms with Crippen LogP contribution in [0.5, 0.6) is 0 Å². The van der Waals surface area contributed by atoms with Gasteiger partial charge in [0, 0.05) is 44.5 Å². The zero-order valence-corrected chi connectivity index (χ0v) is 16.6. The lowest BCUT2D eigenvalue weighted by molar-refractivity contribution is 0.245. The summed E-state index contributed by atoms with van der Waals surface area (Å²) < 4.78 is 0. The number of aliphatic imine (C=N–C) groups is 1. The van der Waals surface area contributed by atoms with Crippen LogP contribution >= 0.6 is 0 Å². The second kappa shape index (κ2) is 11.1. The van der Waals surface area contributed by atoms with Gasteiger partial charge in [-0.15, -0.1) is 0 Å². The Hall–Kier alpha value is -1.75. The Morgan fingerprint density at radius 2 is 2.08 bits per heavy atom. The third-order valence-corrected chi connectivity index (χ3v) is 4.84. The van der Waals surface area contributed by atoms with Gasteiger partial charge in [0.25, 0.3) is 0 Å². The third-order valence-electron chi connectivity index (χ3n) is 4.84. The molecular formula is C21H36N4O. The lowest BCUT2D eigenvalue weighted by Gasteiger charge is -2.21. The highest BCUT2D eigenvalue weighted by Crippen LogP contribution is 2.20. The summed E-state index contributed by atoms with van der Waals surface area (Å²) in [6.45, 7) is 10.5. The molecule has 1 aliphatic rings. The van der Waals surface area contributed by atoms with Crippen LogP contribution in [-0.2, 0) is 0 Å². The van der Waals surface area contributed by atoms with Crippen LogP contribution in [0.2, 0.25) is 0 Å². The molecule has 2 rings (SSSR count). The van der Waals surface area contributed by atoms with Crippen LogP contribution < -0.4 is 15.5 Å². The van der Waals surface area contributed by atoms with E-state index in [0.717, 1.165) is 51.4 Å². The fourth-order valence-corrected chi connectivity index (χ4v) is 3.62. The maximum absolute atomic E-state index is 9.30. The summed E-state index contributed by atoms with van der Waals surface area (Å²) >= 11 is 0. The summed E-state index contributed by atoms with van der Waals surface area (Å²) in [4.78, 5) is 7.24. The van der Waals surface area contributed by atoms with Gasteiger partial charge in [-0.2, -0.15) is 0 Å². The Bertz CT molecular complexity index is 532. The predicted molar refractivity (Wildman–Crippen MR) is 111 cm³/mol. The van der Waals surface area contributed by atoms with Gasteiger partial charge in [0.2, 0.25) is 0 Å². The average molecular weight is 361 g/mol.